The Morgan fingerprint density at radius 1 is 0.600 bits per heavy atom. The van der Waals surface area contributed by atoms with Crippen molar-refractivity contribution in [3.8, 4) is 12.1 Å². The molecule has 4 aromatic carbocycles. The highest BCUT2D eigenvalue weighted by Gasteiger charge is 2.46. The first-order chi connectivity index (χ1) is 24.3. The van der Waals surface area contributed by atoms with E-state index < -0.39 is 42.1 Å². The molecular weight excluding hydrogens is 632 g/mol. The van der Waals surface area contributed by atoms with Gasteiger partial charge in [-0.25, -0.2) is 4.79 Å². The quantitative estimate of drug-likeness (QED) is 0.167. The molecule has 254 valence electrons. The number of hydrogen-bond donors (Lipinski definition) is 4. The van der Waals surface area contributed by atoms with E-state index in [0.717, 1.165) is 11.1 Å². The maximum atomic E-state index is 15.0. The smallest absolute Gasteiger partial charge is 0.321 e. The third kappa shape index (κ3) is 8.71. The van der Waals surface area contributed by atoms with Gasteiger partial charge in [0.2, 0.25) is 0 Å². The predicted molar refractivity (Wildman–Crippen MR) is 185 cm³/mol. The molecule has 50 heavy (non-hydrogen) atoms. The summed E-state index contributed by atoms with van der Waals surface area (Å²) in [6, 6.07) is 33.9. The number of urea groups is 1. The molecule has 0 aliphatic carbocycles. The molecule has 1 aliphatic rings. The van der Waals surface area contributed by atoms with E-state index in [1.165, 1.54) is 0 Å². The van der Waals surface area contributed by atoms with Gasteiger partial charge in [0.1, 0.15) is 25.3 Å². The van der Waals surface area contributed by atoms with E-state index in [0.29, 0.717) is 22.3 Å². The van der Waals surface area contributed by atoms with Gasteiger partial charge in [-0.05, 0) is 59.4 Å². The first kappa shape index (κ1) is 35.3. The molecule has 5 rings (SSSR count). The van der Waals surface area contributed by atoms with Crippen LogP contribution in [0.4, 0.5) is 4.79 Å². The van der Waals surface area contributed by atoms with Crippen molar-refractivity contribution in [2.75, 3.05) is 13.1 Å². The summed E-state index contributed by atoms with van der Waals surface area (Å²) in [5.41, 5.74) is 3.56. The summed E-state index contributed by atoms with van der Waals surface area (Å²) in [4.78, 5) is 43.5. The molecule has 4 amide bonds. The summed E-state index contributed by atoms with van der Waals surface area (Å²) in [5, 5.41) is 46.8. The number of hydrogen-bond acceptors (Lipinski definition) is 7. The molecule has 0 aromatic heterocycles. The lowest BCUT2D eigenvalue weighted by Gasteiger charge is -2.36. The second kappa shape index (κ2) is 16.9. The molecule has 0 spiro atoms. The third-order valence-electron chi connectivity index (χ3n) is 8.75. The highest BCUT2D eigenvalue weighted by atomic mass is 16.3. The van der Waals surface area contributed by atoms with Gasteiger partial charge in [-0.15, -0.1) is 0 Å². The number of nitriles is 2. The highest BCUT2D eigenvalue weighted by molar-refractivity contribution is 5.95. The van der Waals surface area contributed by atoms with E-state index in [9.17, 15) is 24.6 Å². The normalized spacial score (nSPS) is 18.8. The predicted octanol–water partition coefficient (Wildman–Crippen LogP) is 3.58. The van der Waals surface area contributed by atoms with Crippen LogP contribution in [-0.4, -0.2) is 75.2 Å². The van der Waals surface area contributed by atoms with Crippen LogP contribution in [-0.2, 0) is 25.9 Å². The maximum absolute atomic E-state index is 15.0. The molecule has 1 saturated heterocycles. The summed E-state index contributed by atoms with van der Waals surface area (Å²) in [5.74, 6) is -0.870. The lowest BCUT2D eigenvalue weighted by atomic mass is 9.90. The van der Waals surface area contributed by atoms with Crippen molar-refractivity contribution < 1.29 is 24.6 Å². The summed E-state index contributed by atoms with van der Waals surface area (Å²) in [6.45, 7) is -0.305. The van der Waals surface area contributed by atoms with E-state index in [1.807, 2.05) is 72.8 Å². The molecule has 4 atom stereocenters. The zero-order valence-corrected chi connectivity index (χ0v) is 27.4. The topological polar surface area (TPSA) is 170 Å². The first-order valence-electron chi connectivity index (χ1n) is 16.3. The van der Waals surface area contributed by atoms with Gasteiger partial charge in [0.05, 0.1) is 24.2 Å². The fourth-order valence-electron chi connectivity index (χ4n) is 6.27. The summed E-state index contributed by atoms with van der Waals surface area (Å²) in [6.07, 6.45) is -2.23. The molecule has 11 nitrogen and oxygen atoms in total. The minimum absolute atomic E-state index is 0.00461. The summed E-state index contributed by atoms with van der Waals surface area (Å²) >= 11 is 0. The van der Waals surface area contributed by atoms with Gasteiger partial charge < -0.3 is 30.6 Å². The lowest BCUT2D eigenvalue weighted by molar-refractivity contribution is -0.0408. The number of aliphatic hydroxyl groups excluding tert-OH is 2. The van der Waals surface area contributed by atoms with Gasteiger partial charge in [-0.2, -0.15) is 10.5 Å². The van der Waals surface area contributed by atoms with Crippen molar-refractivity contribution in [2.45, 2.75) is 50.2 Å². The molecule has 1 heterocycles. The number of carbonyl (C=O) groups excluding carboxylic acids is 3. The van der Waals surface area contributed by atoms with Gasteiger partial charge in [-0.1, -0.05) is 84.9 Å². The van der Waals surface area contributed by atoms with Crippen LogP contribution in [0.3, 0.4) is 0 Å². The van der Waals surface area contributed by atoms with Crippen LogP contribution >= 0.6 is 0 Å². The van der Waals surface area contributed by atoms with Crippen LogP contribution in [0.1, 0.15) is 43.0 Å². The third-order valence-corrected chi connectivity index (χ3v) is 8.75. The molecule has 11 heteroatoms. The average molecular weight is 671 g/mol. The number of nitrogens with one attached hydrogen (secondary N) is 2. The Kier molecular flexibility index (Phi) is 11.9. The van der Waals surface area contributed by atoms with Crippen LogP contribution < -0.4 is 10.6 Å². The van der Waals surface area contributed by atoms with Crippen molar-refractivity contribution in [1.82, 2.24) is 20.4 Å². The Bertz CT molecular complexity index is 1740. The van der Waals surface area contributed by atoms with E-state index in [-0.39, 0.29) is 39.0 Å². The summed E-state index contributed by atoms with van der Waals surface area (Å²) < 4.78 is 0. The highest BCUT2D eigenvalue weighted by Crippen LogP contribution is 2.30. The monoisotopic (exact) mass is 670 g/mol. The van der Waals surface area contributed by atoms with Crippen molar-refractivity contribution in [2.24, 2.45) is 0 Å². The van der Waals surface area contributed by atoms with Gasteiger partial charge in [0.25, 0.3) is 11.8 Å². The number of benzene rings is 4. The van der Waals surface area contributed by atoms with Gasteiger partial charge in [-0.3, -0.25) is 9.59 Å². The molecule has 1 aliphatic heterocycles. The van der Waals surface area contributed by atoms with Crippen LogP contribution in [0, 0.1) is 22.7 Å². The Labute approximate surface area is 291 Å². The number of amides is 4. The van der Waals surface area contributed by atoms with E-state index in [4.69, 9.17) is 10.5 Å². The van der Waals surface area contributed by atoms with Crippen molar-refractivity contribution in [3.05, 3.63) is 143 Å². The van der Waals surface area contributed by atoms with Gasteiger partial charge >= 0.3 is 6.03 Å². The summed E-state index contributed by atoms with van der Waals surface area (Å²) in [7, 11) is 0. The van der Waals surface area contributed by atoms with Crippen LogP contribution in [0.5, 0.6) is 0 Å². The standard InChI is InChI=1S/C39H38N6O5/c40-17-19-42-37(48)31-15-7-13-29(21-31)25-44-33(23-27-9-3-1-4-10-27)35(46)36(47)34(24-28-11-5-2-6-12-28)45(39(44)50)26-30-14-8-16-32(22-30)38(49)43-20-18-41/h1-16,21-22,33-36,46-47H,19-20,23-26H2,(H,42,48)(H,43,49)/t33-,34-,35+,36+/m1/s1. The minimum atomic E-state index is -1.36. The van der Waals surface area contributed by atoms with E-state index >= 15 is 0 Å². The van der Waals surface area contributed by atoms with E-state index in [2.05, 4.69) is 10.6 Å². The Hall–Kier alpha value is -6.01. The molecule has 0 radical (unpaired) electrons. The van der Waals surface area contributed by atoms with Crippen LogP contribution in [0.2, 0.25) is 0 Å². The molecule has 1 fully saturated rings. The van der Waals surface area contributed by atoms with Crippen molar-refractivity contribution >= 4 is 17.8 Å². The first-order valence-corrected chi connectivity index (χ1v) is 16.3. The zero-order valence-electron chi connectivity index (χ0n) is 27.4. The lowest BCUT2D eigenvalue weighted by Crippen LogP contribution is -2.50. The molecule has 0 unspecified atom stereocenters. The van der Waals surface area contributed by atoms with E-state index in [1.54, 1.807) is 58.3 Å². The fourth-order valence-corrected chi connectivity index (χ4v) is 6.27. The van der Waals surface area contributed by atoms with Crippen LogP contribution in [0.25, 0.3) is 0 Å². The van der Waals surface area contributed by atoms with Crippen molar-refractivity contribution in [3.63, 3.8) is 0 Å². The average Bonchev–Trinajstić information content (AvgIpc) is 3.21. The minimum Gasteiger partial charge on any atom is -0.388 e. The van der Waals surface area contributed by atoms with Crippen LogP contribution in [0.15, 0.2) is 109 Å². The molecule has 4 aromatic rings. The van der Waals surface area contributed by atoms with Gasteiger partial charge in [0.15, 0.2) is 0 Å². The second-order valence-electron chi connectivity index (χ2n) is 12.1. The maximum Gasteiger partial charge on any atom is 0.321 e. The largest absolute Gasteiger partial charge is 0.388 e. The Balaban J connectivity index is 1.57. The number of nitrogens with zero attached hydrogens (tertiary/aromatic N) is 4. The Morgan fingerprint density at radius 2 is 0.980 bits per heavy atom. The second-order valence-corrected chi connectivity index (χ2v) is 12.1. The molecule has 0 saturated carbocycles. The van der Waals surface area contributed by atoms with Gasteiger partial charge in [0, 0.05) is 24.2 Å². The fraction of sp³-hybridized carbons (Fsp3) is 0.256. The zero-order chi connectivity index (χ0) is 35.5. The SMILES string of the molecule is N#CCNC(=O)c1cccc(CN2C(=O)N(Cc3cccc(C(=O)NCC#N)c3)[C@H](Cc3ccccc3)[C@H](O)[C@@H](O)[C@H]2Cc2ccccc2)c1. The molecule has 4 N–H and O–H groups in total. The number of rotatable bonds is 12. The van der Waals surface area contributed by atoms with Crippen molar-refractivity contribution in [1.29, 1.82) is 10.5 Å². The number of aliphatic hydroxyl groups is 2. The Morgan fingerprint density at radius 3 is 1.36 bits per heavy atom. The number of carbonyl (C=O) groups is 3. The molecule has 0 bridgehead atoms. The molecular formula is C39H38N6O5.